The molecule has 1 amide bonds. The number of morpholine rings is 1. The van der Waals surface area contributed by atoms with Gasteiger partial charge in [-0.2, -0.15) is 0 Å². The number of ether oxygens (including phenoxy) is 1. The van der Waals surface area contributed by atoms with E-state index in [9.17, 15) is 4.79 Å². The number of nitrogens with zero attached hydrogens (tertiary/aromatic N) is 1. The van der Waals surface area contributed by atoms with Crippen LogP contribution < -0.4 is 11.3 Å². The Balaban J connectivity index is 2.14. The minimum atomic E-state index is -0.266. The lowest BCUT2D eigenvalue weighted by molar-refractivity contribution is -0.135. The van der Waals surface area contributed by atoms with Crippen molar-refractivity contribution in [2.45, 2.75) is 38.4 Å². The molecule has 116 valence electrons. The van der Waals surface area contributed by atoms with Crippen LogP contribution in [-0.4, -0.2) is 42.1 Å². The van der Waals surface area contributed by atoms with E-state index in [1.54, 1.807) is 0 Å². The number of amides is 1. The Labute approximate surface area is 126 Å². The molecule has 0 spiro atoms. The Hall–Kier alpha value is -1.43. The van der Waals surface area contributed by atoms with Crippen molar-refractivity contribution < 1.29 is 9.53 Å². The van der Waals surface area contributed by atoms with Crippen LogP contribution in [0.5, 0.6) is 0 Å². The zero-order valence-electron chi connectivity index (χ0n) is 13.0. The summed E-state index contributed by atoms with van der Waals surface area (Å²) in [4.78, 5) is 14.4. The molecule has 5 heteroatoms. The molecule has 2 unspecified atom stereocenters. The lowest BCUT2D eigenvalue weighted by Gasteiger charge is -2.42. The molecular weight excluding hydrogens is 266 g/mol. The normalized spacial score (nSPS) is 23.5. The molecule has 0 aliphatic carbocycles. The Morgan fingerprint density at radius 2 is 2.14 bits per heavy atom. The highest BCUT2D eigenvalue weighted by molar-refractivity contribution is 5.83. The third kappa shape index (κ3) is 4.27. The van der Waals surface area contributed by atoms with Crippen molar-refractivity contribution in [1.29, 1.82) is 0 Å². The fraction of sp³-hybridized carbons (Fsp3) is 0.562. The van der Waals surface area contributed by atoms with Gasteiger partial charge in [0.2, 0.25) is 5.91 Å². The van der Waals surface area contributed by atoms with Crippen LogP contribution in [0, 0.1) is 0 Å². The van der Waals surface area contributed by atoms with E-state index in [-0.39, 0.29) is 23.5 Å². The molecule has 3 N–H and O–H groups in total. The topological polar surface area (TPSA) is 67.6 Å². The van der Waals surface area contributed by atoms with Gasteiger partial charge >= 0.3 is 0 Å². The average Bonchev–Trinajstić information content (AvgIpc) is 2.43. The minimum absolute atomic E-state index is 0.154. The highest BCUT2D eigenvalue weighted by Gasteiger charge is 2.33. The van der Waals surface area contributed by atoms with Crippen LogP contribution in [0.2, 0.25) is 0 Å². The molecule has 0 radical (unpaired) electrons. The molecule has 5 nitrogen and oxygen atoms in total. The van der Waals surface area contributed by atoms with Gasteiger partial charge < -0.3 is 4.74 Å². The molecule has 21 heavy (non-hydrogen) atoms. The SMILES string of the molecule is CC1CN(CC(C(=O)NN)c2ccccc2)CC(C)(C)O1. The number of benzene rings is 1. The van der Waals surface area contributed by atoms with Crippen LogP contribution in [0.1, 0.15) is 32.3 Å². The molecule has 2 rings (SSSR count). The monoisotopic (exact) mass is 291 g/mol. The van der Waals surface area contributed by atoms with E-state index in [2.05, 4.69) is 31.1 Å². The molecule has 1 fully saturated rings. The number of nitrogens with one attached hydrogen (secondary N) is 1. The molecule has 0 bridgehead atoms. The van der Waals surface area contributed by atoms with E-state index < -0.39 is 0 Å². The van der Waals surface area contributed by atoms with Crippen LogP contribution in [0.15, 0.2) is 30.3 Å². The molecular formula is C16H25N3O2. The van der Waals surface area contributed by atoms with Gasteiger partial charge in [0.05, 0.1) is 17.6 Å². The second-order valence-electron chi connectivity index (χ2n) is 6.35. The maximum Gasteiger partial charge on any atom is 0.242 e. The van der Waals surface area contributed by atoms with Crippen molar-refractivity contribution in [3.05, 3.63) is 35.9 Å². The van der Waals surface area contributed by atoms with Crippen LogP contribution >= 0.6 is 0 Å². The van der Waals surface area contributed by atoms with Gasteiger partial charge in [-0.05, 0) is 26.3 Å². The highest BCUT2D eigenvalue weighted by atomic mass is 16.5. The second-order valence-corrected chi connectivity index (χ2v) is 6.35. The fourth-order valence-electron chi connectivity index (χ4n) is 3.11. The average molecular weight is 291 g/mol. The van der Waals surface area contributed by atoms with Crippen LogP contribution in [0.4, 0.5) is 0 Å². The van der Waals surface area contributed by atoms with E-state index >= 15 is 0 Å². The lowest BCUT2D eigenvalue weighted by Crippen LogP contribution is -2.53. The number of hydrogen-bond acceptors (Lipinski definition) is 4. The molecule has 1 aromatic rings. The smallest absolute Gasteiger partial charge is 0.242 e. The third-order valence-electron chi connectivity index (χ3n) is 3.74. The summed E-state index contributed by atoms with van der Waals surface area (Å²) in [6.07, 6.45) is 0.158. The number of rotatable bonds is 4. The number of hydrogen-bond donors (Lipinski definition) is 2. The number of nitrogens with two attached hydrogens (primary N) is 1. The van der Waals surface area contributed by atoms with Crippen molar-refractivity contribution in [3.63, 3.8) is 0 Å². The first kappa shape index (κ1) is 15.9. The maximum absolute atomic E-state index is 12.1. The standard InChI is InChI=1S/C16H25N3O2/c1-12-9-19(11-16(2,3)21-12)10-14(15(20)18-17)13-7-5-4-6-8-13/h4-8,12,14H,9-11,17H2,1-3H3,(H,18,20). The van der Waals surface area contributed by atoms with E-state index in [4.69, 9.17) is 10.6 Å². The third-order valence-corrected chi connectivity index (χ3v) is 3.74. The van der Waals surface area contributed by atoms with E-state index in [0.717, 1.165) is 18.7 Å². The molecule has 1 aromatic carbocycles. The number of hydrazine groups is 1. The largest absolute Gasteiger partial charge is 0.370 e. The van der Waals surface area contributed by atoms with Gasteiger partial charge in [0.15, 0.2) is 0 Å². The molecule has 1 heterocycles. The second kappa shape index (κ2) is 6.56. The Kier molecular flexibility index (Phi) is 4.98. The number of carbonyl (C=O) groups excluding carboxylic acids is 1. The first-order valence-corrected chi connectivity index (χ1v) is 7.37. The fourth-order valence-corrected chi connectivity index (χ4v) is 3.11. The van der Waals surface area contributed by atoms with Crippen molar-refractivity contribution in [3.8, 4) is 0 Å². The van der Waals surface area contributed by atoms with Crippen LogP contribution in [0.3, 0.4) is 0 Å². The van der Waals surface area contributed by atoms with Crippen LogP contribution in [-0.2, 0) is 9.53 Å². The van der Waals surface area contributed by atoms with Crippen LogP contribution in [0.25, 0.3) is 0 Å². The van der Waals surface area contributed by atoms with Crippen molar-refractivity contribution in [2.24, 2.45) is 5.84 Å². The molecule has 2 atom stereocenters. The highest BCUT2D eigenvalue weighted by Crippen LogP contribution is 2.24. The molecule has 1 aliphatic rings. The summed E-state index contributed by atoms with van der Waals surface area (Å²) in [5.41, 5.74) is 3.08. The Morgan fingerprint density at radius 3 is 2.71 bits per heavy atom. The quantitative estimate of drug-likeness (QED) is 0.498. The van der Waals surface area contributed by atoms with E-state index in [0.29, 0.717) is 6.54 Å². The zero-order valence-corrected chi connectivity index (χ0v) is 13.0. The Bertz CT molecular complexity index is 476. The van der Waals surface area contributed by atoms with Crippen molar-refractivity contribution in [1.82, 2.24) is 10.3 Å². The van der Waals surface area contributed by atoms with Gasteiger partial charge in [-0.15, -0.1) is 0 Å². The van der Waals surface area contributed by atoms with Crippen molar-refractivity contribution in [2.75, 3.05) is 19.6 Å². The van der Waals surface area contributed by atoms with Gasteiger partial charge in [0, 0.05) is 19.6 Å². The summed E-state index contributed by atoms with van der Waals surface area (Å²) in [5, 5.41) is 0. The summed E-state index contributed by atoms with van der Waals surface area (Å²) < 4.78 is 5.91. The zero-order chi connectivity index (χ0) is 15.5. The predicted molar refractivity (Wildman–Crippen MR) is 82.6 cm³/mol. The number of carbonyl (C=O) groups is 1. The molecule has 1 saturated heterocycles. The summed E-state index contributed by atoms with van der Waals surface area (Å²) >= 11 is 0. The van der Waals surface area contributed by atoms with Crippen molar-refractivity contribution >= 4 is 5.91 Å². The first-order chi connectivity index (χ1) is 9.91. The summed E-state index contributed by atoms with van der Waals surface area (Å²) in [5.74, 6) is 4.93. The lowest BCUT2D eigenvalue weighted by atomic mass is 9.96. The first-order valence-electron chi connectivity index (χ1n) is 7.37. The van der Waals surface area contributed by atoms with E-state index in [1.165, 1.54) is 0 Å². The molecule has 0 aromatic heterocycles. The van der Waals surface area contributed by atoms with Gasteiger partial charge in [-0.1, -0.05) is 30.3 Å². The van der Waals surface area contributed by atoms with Gasteiger partial charge in [-0.3, -0.25) is 15.1 Å². The Morgan fingerprint density at radius 1 is 1.48 bits per heavy atom. The minimum Gasteiger partial charge on any atom is -0.370 e. The summed E-state index contributed by atoms with van der Waals surface area (Å²) in [6, 6.07) is 9.76. The van der Waals surface area contributed by atoms with Gasteiger partial charge in [0.25, 0.3) is 0 Å². The summed E-state index contributed by atoms with van der Waals surface area (Å²) in [6.45, 7) is 8.49. The van der Waals surface area contributed by atoms with Gasteiger partial charge in [0.1, 0.15) is 0 Å². The summed E-state index contributed by atoms with van der Waals surface area (Å²) in [7, 11) is 0. The molecule has 1 aliphatic heterocycles. The predicted octanol–water partition coefficient (Wildman–Crippen LogP) is 1.26. The van der Waals surface area contributed by atoms with Gasteiger partial charge in [-0.25, -0.2) is 5.84 Å². The van der Waals surface area contributed by atoms with E-state index in [1.807, 2.05) is 30.3 Å². The molecule has 0 saturated carbocycles. The maximum atomic E-state index is 12.1.